The van der Waals surface area contributed by atoms with E-state index in [-0.39, 0.29) is 17.1 Å². The monoisotopic (exact) mass is 341 g/mol. The van der Waals surface area contributed by atoms with Crippen LogP contribution in [0.1, 0.15) is 0 Å². The first-order valence-corrected chi connectivity index (χ1v) is 8.84. The van der Waals surface area contributed by atoms with Crippen LogP contribution >= 0.6 is 0 Å². The molecule has 0 bridgehead atoms. The number of hydrogen-bond donors (Lipinski definition) is 0. The van der Waals surface area contributed by atoms with Gasteiger partial charge in [0.05, 0.1) is 17.1 Å². The highest BCUT2D eigenvalue weighted by atomic mass is 32.2. The maximum Gasteiger partial charge on any atom is 0.264 e. The molecule has 0 aliphatic heterocycles. The van der Waals surface area contributed by atoms with E-state index in [1.54, 1.807) is 24.3 Å². The van der Waals surface area contributed by atoms with Crippen LogP contribution in [0.4, 0.5) is 10.1 Å². The number of fused-ring (bicyclic) bond motifs is 1. The van der Waals surface area contributed by atoms with E-state index in [4.69, 9.17) is 0 Å². The summed E-state index contributed by atoms with van der Waals surface area (Å²) in [7, 11) is -3.83. The molecule has 0 aliphatic carbocycles. The lowest BCUT2D eigenvalue weighted by molar-refractivity contribution is 0.592. The highest BCUT2D eigenvalue weighted by Crippen LogP contribution is 2.26. The Bertz CT molecular complexity index is 999. The summed E-state index contributed by atoms with van der Waals surface area (Å²) in [6.45, 7) is 3.66. The van der Waals surface area contributed by atoms with Crippen LogP contribution < -0.4 is 4.31 Å². The largest absolute Gasteiger partial charge is 0.264 e. The van der Waals surface area contributed by atoms with E-state index >= 15 is 0 Å². The van der Waals surface area contributed by atoms with Gasteiger partial charge in [0.2, 0.25) is 0 Å². The van der Waals surface area contributed by atoms with Gasteiger partial charge in [0, 0.05) is 0 Å². The molecule has 3 rings (SSSR count). The minimum absolute atomic E-state index is 0.0542. The number of rotatable bonds is 5. The van der Waals surface area contributed by atoms with Gasteiger partial charge < -0.3 is 0 Å². The SMILES string of the molecule is C=CCN(c1cccc(F)c1)S(=O)(=O)c1ccc2ccccc2c1. The Labute approximate surface area is 140 Å². The fourth-order valence-corrected chi connectivity index (χ4v) is 4.01. The van der Waals surface area contributed by atoms with Crippen molar-refractivity contribution in [2.75, 3.05) is 10.8 Å². The molecule has 0 heterocycles. The maximum atomic E-state index is 13.5. The standard InChI is InChI=1S/C19H16FNO2S/c1-2-12-21(18-9-5-8-17(20)14-18)24(22,23)19-11-10-15-6-3-4-7-16(15)13-19/h2-11,13-14H,1,12H2. The molecular formula is C19H16FNO2S. The van der Waals surface area contributed by atoms with Gasteiger partial charge >= 0.3 is 0 Å². The molecule has 0 aromatic heterocycles. The minimum Gasteiger partial charge on any atom is -0.262 e. The first-order valence-electron chi connectivity index (χ1n) is 7.40. The van der Waals surface area contributed by atoms with E-state index in [1.807, 2.05) is 24.3 Å². The van der Waals surface area contributed by atoms with Crippen LogP contribution in [0.15, 0.2) is 84.3 Å². The molecule has 0 spiro atoms. The van der Waals surface area contributed by atoms with E-state index in [2.05, 4.69) is 6.58 Å². The third-order valence-corrected chi connectivity index (χ3v) is 5.49. The van der Waals surface area contributed by atoms with Gasteiger partial charge in [-0.05, 0) is 41.1 Å². The summed E-state index contributed by atoms with van der Waals surface area (Å²) in [5.74, 6) is -0.490. The van der Waals surface area contributed by atoms with Gasteiger partial charge in [-0.25, -0.2) is 12.8 Å². The molecular weight excluding hydrogens is 325 g/mol. The van der Waals surface area contributed by atoms with E-state index in [0.29, 0.717) is 0 Å². The topological polar surface area (TPSA) is 37.4 Å². The molecule has 0 saturated heterocycles. The third kappa shape index (κ3) is 3.03. The summed E-state index contributed by atoms with van der Waals surface area (Å²) in [5, 5.41) is 1.79. The van der Waals surface area contributed by atoms with Crippen LogP contribution in [0.5, 0.6) is 0 Å². The Morgan fingerprint density at radius 2 is 1.71 bits per heavy atom. The lowest BCUT2D eigenvalue weighted by Crippen LogP contribution is -2.31. The molecule has 0 amide bonds. The van der Waals surface area contributed by atoms with E-state index in [0.717, 1.165) is 15.1 Å². The lowest BCUT2D eigenvalue weighted by atomic mass is 10.1. The fraction of sp³-hybridized carbons (Fsp3) is 0.0526. The van der Waals surface area contributed by atoms with Crippen molar-refractivity contribution in [3.63, 3.8) is 0 Å². The Morgan fingerprint density at radius 1 is 0.958 bits per heavy atom. The summed E-state index contributed by atoms with van der Waals surface area (Å²) in [5.41, 5.74) is 0.267. The van der Waals surface area contributed by atoms with Crippen LogP contribution in [0.2, 0.25) is 0 Å². The zero-order valence-electron chi connectivity index (χ0n) is 12.9. The van der Waals surface area contributed by atoms with Crippen molar-refractivity contribution in [2.45, 2.75) is 4.90 Å². The van der Waals surface area contributed by atoms with Gasteiger partial charge in [-0.2, -0.15) is 0 Å². The Balaban J connectivity index is 2.12. The zero-order valence-corrected chi connectivity index (χ0v) is 13.7. The number of halogens is 1. The maximum absolute atomic E-state index is 13.5. The molecule has 0 saturated carbocycles. The van der Waals surface area contributed by atoms with Crippen molar-refractivity contribution in [3.05, 3.63) is 85.2 Å². The van der Waals surface area contributed by atoms with Crippen molar-refractivity contribution in [1.29, 1.82) is 0 Å². The van der Waals surface area contributed by atoms with E-state index < -0.39 is 15.8 Å². The van der Waals surface area contributed by atoms with Gasteiger partial charge in [0.15, 0.2) is 0 Å². The summed E-state index contributed by atoms with van der Waals surface area (Å²) in [6, 6.07) is 18.0. The van der Waals surface area contributed by atoms with Crippen LogP contribution in [-0.2, 0) is 10.0 Å². The quantitative estimate of drug-likeness (QED) is 0.647. The zero-order chi connectivity index (χ0) is 17.2. The smallest absolute Gasteiger partial charge is 0.262 e. The van der Waals surface area contributed by atoms with Gasteiger partial charge in [0.25, 0.3) is 10.0 Å². The lowest BCUT2D eigenvalue weighted by Gasteiger charge is -2.23. The normalized spacial score (nSPS) is 11.4. The second-order valence-electron chi connectivity index (χ2n) is 5.31. The van der Waals surface area contributed by atoms with Crippen molar-refractivity contribution < 1.29 is 12.8 Å². The van der Waals surface area contributed by atoms with E-state index in [1.165, 1.54) is 24.3 Å². The summed E-state index contributed by atoms with van der Waals surface area (Å²) < 4.78 is 40.7. The molecule has 0 atom stereocenters. The Morgan fingerprint density at radius 3 is 2.42 bits per heavy atom. The van der Waals surface area contributed by atoms with Crippen LogP contribution in [0.25, 0.3) is 10.8 Å². The van der Waals surface area contributed by atoms with Crippen LogP contribution in [0.3, 0.4) is 0 Å². The highest BCUT2D eigenvalue weighted by molar-refractivity contribution is 7.92. The van der Waals surface area contributed by atoms with Gasteiger partial charge in [0.1, 0.15) is 5.82 Å². The van der Waals surface area contributed by atoms with Crippen molar-refractivity contribution in [3.8, 4) is 0 Å². The van der Waals surface area contributed by atoms with Crippen LogP contribution in [-0.4, -0.2) is 15.0 Å². The summed E-state index contributed by atoms with van der Waals surface area (Å²) >= 11 is 0. The summed E-state index contributed by atoms with van der Waals surface area (Å²) in [4.78, 5) is 0.160. The number of sulfonamides is 1. The first kappa shape index (κ1) is 16.2. The van der Waals surface area contributed by atoms with Crippen LogP contribution in [0, 0.1) is 5.82 Å². The van der Waals surface area contributed by atoms with Crippen molar-refractivity contribution in [1.82, 2.24) is 0 Å². The molecule has 3 aromatic rings. The average molecular weight is 341 g/mol. The molecule has 3 nitrogen and oxygen atoms in total. The molecule has 0 aliphatic rings. The Kier molecular flexibility index (Phi) is 4.36. The van der Waals surface area contributed by atoms with Gasteiger partial charge in [-0.3, -0.25) is 4.31 Å². The number of nitrogens with zero attached hydrogens (tertiary/aromatic N) is 1. The van der Waals surface area contributed by atoms with Gasteiger partial charge in [-0.1, -0.05) is 42.5 Å². The first-order chi connectivity index (χ1) is 11.5. The van der Waals surface area contributed by atoms with Crippen molar-refractivity contribution >= 4 is 26.5 Å². The molecule has 0 fully saturated rings. The molecule has 0 radical (unpaired) electrons. The second-order valence-corrected chi connectivity index (χ2v) is 7.18. The number of benzene rings is 3. The molecule has 0 N–H and O–H groups in total. The van der Waals surface area contributed by atoms with E-state index in [9.17, 15) is 12.8 Å². The van der Waals surface area contributed by atoms with Gasteiger partial charge in [-0.15, -0.1) is 6.58 Å². The van der Waals surface area contributed by atoms with Crippen molar-refractivity contribution in [2.24, 2.45) is 0 Å². The molecule has 24 heavy (non-hydrogen) atoms. The molecule has 122 valence electrons. The summed E-state index contributed by atoms with van der Waals surface area (Å²) in [6.07, 6.45) is 1.48. The predicted octanol–water partition coefficient (Wildman–Crippen LogP) is 4.36. The highest BCUT2D eigenvalue weighted by Gasteiger charge is 2.24. The molecule has 5 heteroatoms. The average Bonchev–Trinajstić information content (AvgIpc) is 2.59. The predicted molar refractivity (Wildman–Crippen MR) is 95.1 cm³/mol. The number of hydrogen-bond acceptors (Lipinski definition) is 2. The number of anilines is 1. The third-order valence-electron chi connectivity index (χ3n) is 3.70. The Hall–Kier alpha value is -2.66. The molecule has 0 unspecified atom stereocenters. The second kappa shape index (κ2) is 6.45. The fourth-order valence-electron chi connectivity index (χ4n) is 2.55. The minimum atomic E-state index is -3.83. The molecule has 3 aromatic carbocycles.